The summed E-state index contributed by atoms with van der Waals surface area (Å²) in [5, 5.41) is 10.5. The maximum atomic E-state index is 12.6. The van der Waals surface area contributed by atoms with Gasteiger partial charge in [-0.3, -0.25) is 4.79 Å². The summed E-state index contributed by atoms with van der Waals surface area (Å²) in [7, 11) is 0. The molecule has 1 aliphatic heterocycles. The Bertz CT molecular complexity index is 584. The Morgan fingerprint density at radius 2 is 2.38 bits per heavy atom. The van der Waals surface area contributed by atoms with E-state index < -0.39 is 6.04 Å². The third kappa shape index (κ3) is 3.43. The maximum Gasteiger partial charge on any atom is 0.328 e. The zero-order valence-corrected chi connectivity index (χ0v) is 12.6. The zero-order valence-electron chi connectivity index (χ0n) is 11.8. The van der Waals surface area contributed by atoms with Crippen LogP contribution in [0.4, 0.5) is 0 Å². The van der Waals surface area contributed by atoms with Gasteiger partial charge in [0.2, 0.25) is 0 Å². The topological polar surface area (TPSA) is 66.8 Å². The lowest BCUT2D eigenvalue weighted by Crippen LogP contribution is -2.41. The first-order valence-electron chi connectivity index (χ1n) is 6.83. The summed E-state index contributed by atoms with van der Waals surface area (Å²) >= 11 is 1.29. The summed E-state index contributed by atoms with van der Waals surface area (Å²) < 4.78 is 5.03. The van der Waals surface area contributed by atoms with Gasteiger partial charge in [0.25, 0.3) is 5.91 Å². The molecule has 1 aromatic heterocycles. The predicted molar refractivity (Wildman–Crippen MR) is 79.0 cm³/mol. The highest BCUT2D eigenvalue weighted by atomic mass is 32.1. The van der Waals surface area contributed by atoms with Crippen LogP contribution in [0.15, 0.2) is 11.4 Å². The number of amides is 1. The molecule has 1 fully saturated rings. The van der Waals surface area contributed by atoms with Crippen LogP contribution in [-0.4, -0.2) is 47.7 Å². The van der Waals surface area contributed by atoms with Crippen molar-refractivity contribution < 1.29 is 19.4 Å². The number of esters is 1. The smallest absolute Gasteiger partial charge is 0.328 e. The van der Waals surface area contributed by atoms with Crippen molar-refractivity contribution in [1.29, 1.82) is 0 Å². The first-order valence-corrected chi connectivity index (χ1v) is 7.71. The van der Waals surface area contributed by atoms with Crippen LogP contribution in [0.1, 0.15) is 35.0 Å². The standard InChI is InChI=1S/C15H17NO4S/c1-2-20-15(19)12-6-3-8-16(12)14(18)13-11(5-4-9-17)7-10-21-13/h7,10,12,17H,2-3,6,8-9H2,1H3. The highest BCUT2D eigenvalue weighted by Gasteiger charge is 2.36. The lowest BCUT2D eigenvalue weighted by Gasteiger charge is -2.22. The second-order valence-electron chi connectivity index (χ2n) is 4.53. The molecule has 0 spiro atoms. The third-order valence-corrected chi connectivity index (χ3v) is 4.14. The van der Waals surface area contributed by atoms with Crippen LogP contribution >= 0.6 is 11.3 Å². The summed E-state index contributed by atoms with van der Waals surface area (Å²) in [6, 6.07) is 1.24. The highest BCUT2D eigenvalue weighted by Crippen LogP contribution is 2.25. The normalized spacial score (nSPS) is 17.2. The van der Waals surface area contributed by atoms with Gasteiger partial charge >= 0.3 is 5.97 Å². The fraction of sp³-hybridized carbons (Fsp3) is 0.467. The molecule has 1 atom stereocenters. The van der Waals surface area contributed by atoms with Gasteiger partial charge in [0, 0.05) is 12.1 Å². The van der Waals surface area contributed by atoms with Crippen molar-refractivity contribution in [3.8, 4) is 11.8 Å². The third-order valence-electron chi connectivity index (χ3n) is 3.23. The second kappa shape index (κ2) is 7.25. The van der Waals surface area contributed by atoms with E-state index in [4.69, 9.17) is 9.84 Å². The van der Waals surface area contributed by atoms with Crippen LogP contribution in [0.25, 0.3) is 0 Å². The summed E-state index contributed by atoms with van der Waals surface area (Å²) in [4.78, 5) is 26.6. The molecule has 0 aliphatic carbocycles. The molecule has 0 radical (unpaired) electrons. The molecule has 1 aromatic rings. The number of aliphatic hydroxyl groups excluding tert-OH is 1. The average Bonchev–Trinajstić information content (AvgIpc) is 3.13. The fourth-order valence-corrected chi connectivity index (χ4v) is 3.14. The number of aliphatic hydroxyl groups is 1. The Balaban J connectivity index is 2.19. The van der Waals surface area contributed by atoms with Crippen LogP contribution in [0, 0.1) is 11.8 Å². The van der Waals surface area contributed by atoms with Gasteiger partial charge in [-0.05, 0) is 31.2 Å². The van der Waals surface area contributed by atoms with Crippen molar-refractivity contribution in [3.63, 3.8) is 0 Å². The minimum absolute atomic E-state index is 0.192. The van der Waals surface area contributed by atoms with Gasteiger partial charge in [0.1, 0.15) is 17.5 Å². The van der Waals surface area contributed by atoms with Gasteiger partial charge in [0.15, 0.2) is 0 Å². The number of carbonyl (C=O) groups is 2. The first-order chi connectivity index (χ1) is 10.2. The summed E-state index contributed by atoms with van der Waals surface area (Å²) in [6.07, 6.45) is 1.42. The van der Waals surface area contributed by atoms with E-state index in [9.17, 15) is 9.59 Å². The number of likely N-dealkylation sites (tertiary alicyclic amines) is 1. The van der Waals surface area contributed by atoms with E-state index in [1.54, 1.807) is 23.3 Å². The lowest BCUT2D eigenvalue weighted by molar-refractivity contribution is -0.147. The van der Waals surface area contributed by atoms with Crippen LogP contribution in [0.3, 0.4) is 0 Å². The summed E-state index contributed by atoms with van der Waals surface area (Å²) in [5.74, 6) is 4.77. The molecule has 1 amide bonds. The van der Waals surface area contributed by atoms with E-state index in [0.717, 1.165) is 6.42 Å². The quantitative estimate of drug-likeness (QED) is 0.674. The van der Waals surface area contributed by atoms with Gasteiger partial charge in [-0.2, -0.15) is 0 Å². The molecule has 6 heteroatoms. The van der Waals surface area contributed by atoms with Gasteiger partial charge < -0.3 is 14.7 Å². The van der Waals surface area contributed by atoms with Gasteiger partial charge in [-0.25, -0.2) is 4.79 Å². The number of carbonyl (C=O) groups excluding carboxylic acids is 2. The molecular weight excluding hydrogens is 290 g/mol. The number of nitrogens with zero attached hydrogens (tertiary/aromatic N) is 1. The Morgan fingerprint density at radius 3 is 3.10 bits per heavy atom. The fourth-order valence-electron chi connectivity index (χ4n) is 2.33. The van der Waals surface area contributed by atoms with Crippen LogP contribution < -0.4 is 0 Å². The van der Waals surface area contributed by atoms with E-state index in [2.05, 4.69) is 11.8 Å². The second-order valence-corrected chi connectivity index (χ2v) is 5.45. The van der Waals surface area contributed by atoms with E-state index in [1.165, 1.54) is 11.3 Å². The predicted octanol–water partition coefficient (Wildman–Crippen LogP) is 1.26. The van der Waals surface area contributed by atoms with E-state index in [-0.39, 0.29) is 18.5 Å². The van der Waals surface area contributed by atoms with E-state index in [1.807, 2.05) is 0 Å². The number of hydrogen-bond donors (Lipinski definition) is 1. The molecule has 2 heterocycles. The van der Waals surface area contributed by atoms with E-state index in [0.29, 0.717) is 30.0 Å². The molecule has 5 nitrogen and oxygen atoms in total. The van der Waals surface area contributed by atoms with Crippen molar-refractivity contribution in [2.45, 2.75) is 25.8 Å². The monoisotopic (exact) mass is 307 g/mol. The van der Waals surface area contributed by atoms with Crippen molar-refractivity contribution >= 4 is 23.2 Å². The molecule has 112 valence electrons. The summed E-state index contributed by atoms with van der Waals surface area (Å²) in [6.45, 7) is 2.36. The van der Waals surface area contributed by atoms with Crippen molar-refractivity contribution in [1.82, 2.24) is 4.90 Å². The Morgan fingerprint density at radius 1 is 1.57 bits per heavy atom. The van der Waals surface area contributed by atoms with Crippen LogP contribution in [0.2, 0.25) is 0 Å². The van der Waals surface area contributed by atoms with Crippen molar-refractivity contribution in [3.05, 3.63) is 21.9 Å². The highest BCUT2D eigenvalue weighted by molar-refractivity contribution is 7.12. The lowest BCUT2D eigenvalue weighted by atomic mass is 10.2. The molecule has 1 unspecified atom stereocenters. The van der Waals surface area contributed by atoms with Gasteiger partial charge in [-0.1, -0.05) is 11.8 Å². The number of ether oxygens (including phenoxy) is 1. The molecular formula is C15H17NO4S. The maximum absolute atomic E-state index is 12.6. The zero-order chi connectivity index (χ0) is 15.2. The first kappa shape index (κ1) is 15.5. The molecule has 1 saturated heterocycles. The van der Waals surface area contributed by atoms with Crippen molar-refractivity contribution in [2.24, 2.45) is 0 Å². The van der Waals surface area contributed by atoms with Gasteiger partial charge in [0.05, 0.1) is 6.61 Å². The van der Waals surface area contributed by atoms with E-state index >= 15 is 0 Å². The number of hydrogen-bond acceptors (Lipinski definition) is 5. The number of thiophene rings is 1. The SMILES string of the molecule is CCOC(=O)C1CCCN1C(=O)c1sccc1C#CCO. The van der Waals surface area contributed by atoms with Gasteiger partial charge in [-0.15, -0.1) is 11.3 Å². The average molecular weight is 307 g/mol. The molecule has 1 N–H and O–H groups in total. The molecule has 21 heavy (non-hydrogen) atoms. The molecule has 0 saturated carbocycles. The molecule has 1 aliphatic rings. The molecule has 2 rings (SSSR count). The minimum Gasteiger partial charge on any atom is -0.464 e. The van der Waals surface area contributed by atoms with Crippen LogP contribution in [-0.2, 0) is 9.53 Å². The largest absolute Gasteiger partial charge is 0.464 e. The Kier molecular flexibility index (Phi) is 5.37. The number of rotatable bonds is 3. The van der Waals surface area contributed by atoms with Crippen molar-refractivity contribution in [2.75, 3.05) is 19.8 Å². The molecule has 0 aromatic carbocycles. The van der Waals surface area contributed by atoms with Crippen LogP contribution in [0.5, 0.6) is 0 Å². The molecule has 0 bridgehead atoms. The summed E-state index contributed by atoms with van der Waals surface area (Å²) in [5.41, 5.74) is 0.591. The minimum atomic E-state index is -0.502. The Hall–Kier alpha value is -1.84. The Labute approximate surface area is 127 Å².